The number of hydrogen-bond acceptors (Lipinski definition) is 5. The molecule has 0 aliphatic rings. The highest BCUT2D eigenvalue weighted by molar-refractivity contribution is 7.99. The van der Waals surface area contributed by atoms with Crippen LogP contribution >= 0.6 is 11.8 Å². The second kappa shape index (κ2) is 7.93. The molecule has 2 rings (SSSR count). The molecule has 6 nitrogen and oxygen atoms in total. The number of pyridine rings is 1. The molecule has 1 N–H and O–H groups in total. The van der Waals surface area contributed by atoms with E-state index in [0.29, 0.717) is 5.75 Å². The minimum absolute atomic E-state index is 0.0107. The molecule has 2 aromatic heterocycles. The zero-order valence-electron chi connectivity index (χ0n) is 13.1. The number of nitrogens with zero attached hydrogens (tertiary/aromatic N) is 4. The molecule has 22 heavy (non-hydrogen) atoms. The summed E-state index contributed by atoms with van der Waals surface area (Å²) in [6.45, 7) is 6.82. The molecule has 0 spiro atoms. The first-order valence-electron chi connectivity index (χ1n) is 7.37. The molecule has 0 saturated heterocycles. The summed E-state index contributed by atoms with van der Waals surface area (Å²) in [7, 11) is 0. The molecule has 0 fully saturated rings. The molecule has 2 heterocycles. The molecule has 118 valence electrons. The lowest BCUT2D eigenvalue weighted by molar-refractivity contribution is -0.119. The van der Waals surface area contributed by atoms with E-state index < -0.39 is 0 Å². The molecule has 0 atom stereocenters. The van der Waals surface area contributed by atoms with Gasteiger partial charge in [-0.15, -0.1) is 10.2 Å². The lowest BCUT2D eigenvalue weighted by Gasteiger charge is -2.10. The van der Waals surface area contributed by atoms with Gasteiger partial charge in [0.1, 0.15) is 0 Å². The highest BCUT2D eigenvalue weighted by atomic mass is 32.2. The van der Waals surface area contributed by atoms with Crippen LogP contribution in [0.1, 0.15) is 27.2 Å². The molecule has 0 aliphatic heterocycles. The fourth-order valence-electron chi connectivity index (χ4n) is 2.03. The van der Waals surface area contributed by atoms with Gasteiger partial charge < -0.3 is 9.88 Å². The van der Waals surface area contributed by atoms with E-state index in [1.165, 1.54) is 11.8 Å². The van der Waals surface area contributed by atoms with Crippen LogP contribution in [0, 0.1) is 0 Å². The molecular formula is C15H21N5OS. The van der Waals surface area contributed by atoms with Gasteiger partial charge in [0.2, 0.25) is 5.91 Å². The van der Waals surface area contributed by atoms with Gasteiger partial charge in [-0.2, -0.15) is 0 Å². The number of aromatic nitrogens is 4. The molecule has 0 bridgehead atoms. The largest absolute Gasteiger partial charge is 0.353 e. The monoisotopic (exact) mass is 319 g/mol. The maximum Gasteiger partial charge on any atom is 0.230 e. The van der Waals surface area contributed by atoms with Crippen LogP contribution in [0.2, 0.25) is 0 Å². The second-order valence-corrected chi connectivity index (χ2v) is 6.15. The summed E-state index contributed by atoms with van der Waals surface area (Å²) in [5.74, 6) is 1.17. The van der Waals surface area contributed by atoms with Crippen LogP contribution < -0.4 is 5.32 Å². The highest BCUT2D eigenvalue weighted by Gasteiger charge is 2.15. The molecule has 0 aromatic carbocycles. The number of nitrogens with one attached hydrogen (secondary N) is 1. The maximum absolute atomic E-state index is 11.8. The lowest BCUT2D eigenvalue weighted by atomic mass is 10.2. The lowest BCUT2D eigenvalue weighted by Crippen LogP contribution is -2.31. The van der Waals surface area contributed by atoms with E-state index in [1.54, 1.807) is 12.4 Å². The van der Waals surface area contributed by atoms with Crippen molar-refractivity contribution in [3.63, 3.8) is 0 Å². The van der Waals surface area contributed by atoms with Crippen LogP contribution in [0.25, 0.3) is 11.4 Å². The summed E-state index contributed by atoms with van der Waals surface area (Å²) in [6.07, 6.45) is 4.45. The average molecular weight is 319 g/mol. The maximum atomic E-state index is 11.8. The summed E-state index contributed by atoms with van der Waals surface area (Å²) < 4.78 is 2.06. The Morgan fingerprint density at radius 3 is 2.68 bits per heavy atom. The molecule has 2 aromatic rings. The Morgan fingerprint density at radius 2 is 2.05 bits per heavy atom. The fourth-order valence-corrected chi connectivity index (χ4v) is 2.80. The Balaban J connectivity index is 2.15. The predicted molar refractivity (Wildman–Crippen MR) is 87.5 cm³/mol. The summed E-state index contributed by atoms with van der Waals surface area (Å²) >= 11 is 1.41. The zero-order chi connectivity index (χ0) is 15.9. The van der Waals surface area contributed by atoms with Crippen molar-refractivity contribution < 1.29 is 4.79 Å². The van der Waals surface area contributed by atoms with E-state index >= 15 is 0 Å². The Kier molecular flexibility index (Phi) is 5.94. The SMILES string of the molecule is CCCn1c(SCC(=O)NC(C)C)nnc1-c1ccncc1. The van der Waals surface area contributed by atoms with Gasteiger partial charge in [0.15, 0.2) is 11.0 Å². The van der Waals surface area contributed by atoms with Gasteiger partial charge in [0.05, 0.1) is 5.75 Å². The molecule has 0 saturated carbocycles. The van der Waals surface area contributed by atoms with Crippen molar-refractivity contribution in [1.29, 1.82) is 0 Å². The first kappa shape index (κ1) is 16.5. The molecule has 7 heteroatoms. The highest BCUT2D eigenvalue weighted by Crippen LogP contribution is 2.23. The zero-order valence-corrected chi connectivity index (χ0v) is 13.9. The standard InChI is InChI=1S/C15H21N5OS/c1-4-9-20-14(12-5-7-16-8-6-12)18-19-15(20)22-10-13(21)17-11(2)3/h5-8,11H,4,9-10H2,1-3H3,(H,17,21). The first-order valence-corrected chi connectivity index (χ1v) is 8.36. The summed E-state index contributed by atoms with van der Waals surface area (Å²) in [4.78, 5) is 15.8. The Bertz CT molecular complexity index is 612. The summed E-state index contributed by atoms with van der Waals surface area (Å²) in [6, 6.07) is 3.97. The van der Waals surface area contributed by atoms with Crippen molar-refractivity contribution in [3.05, 3.63) is 24.5 Å². The number of hydrogen-bond donors (Lipinski definition) is 1. The molecule has 0 unspecified atom stereocenters. The van der Waals surface area contributed by atoms with Gasteiger partial charge in [0.25, 0.3) is 0 Å². The second-order valence-electron chi connectivity index (χ2n) is 5.20. The smallest absolute Gasteiger partial charge is 0.230 e. The van der Waals surface area contributed by atoms with Crippen LogP contribution in [0.5, 0.6) is 0 Å². The summed E-state index contributed by atoms with van der Waals surface area (Å²) in [5.41, 5.74) is 0.981. The molecular weight excluding hydrogens is 298 g/mol. The Hall–Kier alpha value is -1.89. The van der Waals surface area contributed by atoms with Crippen molar-refractivity contribution in [2.75, 3.05) is 5.75 Å². The quantitative estimate of drug-likeness (QED) is 0.793. The topological polar surface area (TPSA) is 72.7 Å². The van der Waals surface area contributed by atoms with Gasteiger partial charge in [-0.05, 0) is 32.4 Å². The van der Waals surface area contributed by atoms with Crippen LogP contribution in [-0.4, -0.2) is 37.5 Å². The molecule has 0 radical (unpaired) electrons. The third-order valence-electron chi connectivity index (χ3n) is 2.88. The van der Waals surface area contributed by atoms with E-state index in [9.17, 15) is 4.79 Å². The average Bonchev–Trinajstić information content (AvgIpc) is 2.89. The van der Waals surface area contributed by atoms with Gasteiger partial charge >= 0.3 is 0 Å². The minimum atomic E-state index is 0.0107. The van der Waals surface area contributed by atoms with E-state index in [0.717, 1.165) is 29.5 Å². The Morgan fingerprint density at radius 1 is 1.32 bits per heavy atom. The van der Waals surface area contributed by atoms with Crippen molar-refractivity contribution in [3.8, 4) is 11.4 Å². The van der Waals surface area contributed by atoms with Crippen LogP contribution in [0.15, 0.2) is 29.7 Å². The minimum Gasteiger partial charge on any atom is -0.353 e. The third kappa shape index (κ3) is 4.30. The number of carbonyl (C=O) groups is 1. The van der Waals surface area contributed by atoms with Crippen molar-refractivity contribution in [2.45, 2.75) is 44.9 Å². The van der Waals surface area contributed by atoms with E-state index in [4.69, 9.17) is 0 Å². The van der Waals surface area contributed by atoms with Gasteiger partial charge in [-0.3, -0.25) is 9.78 Å². The molecule has 0 aliphatic carbocycles. The normalized spacial score (nSPS) is 10.9. The molecule has 1 amide bonds. The summed E-state index contributed by atoms with van der Waals surface area (Å²) in [5, 5.41) is 12.2. The van der Waals surface area contributed by atoms with E-state index in [-0.39, 0.29) is 11.9 Å². The van der Waals surface area contributed by atoms with Gasteiger partial charge in [0, 0.05) is 30.5 Å². The fraction of sp³-hybridized carbons (Fsp3) is 0.467. The van der Waals surface area contributed by atoms with Crippen LogP contribution in [0.3, 0.4) is 0 Å². The van der Waals surface area contributed by atoms with Crippen LogP contribution in [-0.2, 0) is 11.3 Å². The third-order valence-corrected chi connectivity index (χ3v) is 3.85. The predicted octanol–water partition coefficient (Wildman–Crippen LogP) is 2.37. The van der Waals surface area contributed by atoms with E-state index in [2.05, 4.69) is 32.0 Å². The number of amides is 1. The number of thioether (sulfide) groups is 1. The van der Waals surface area contributed by atoms with Crippen LogP contribution in [0.4, 0.5) is 0 Å². The number of rotatable bonds is 7. The van der Waals surface area contributed by atoms with E-state index in [1.807, 2.05) is 26.0 Å². The number of carbonyl (C=O) groups excluding carboxylic acids is 1. The Labute approximate surface area is 134 Å². The van der Waals surface area contributed by atoms with Crippen molar-refractivity contribution in [2.24, 2.45) is 0 Å². The van der Waals surface area contributed by atoms with Crippen molar-refractivity contribution >= 4 is 17.7 Å². The van der Waals surface area contributed by atoms with Gasteiger partial charge in [-0.1, -0.05) is 18.7 Å². The van der Waals surface area contributed by atoms with Gasteiger partial charge in [-0.25, -0.2) is 0 Å². The van der Waals surface area contributed by atoms with Crippen molar-refractivity contribution in [1.82, 2.24) is 25.1 Å². The first-order chi connectivity index (χ1) is 10.6.